The number of hydrogen-bond acceptors (Lipinski definition) is 6. The minimum Gasteiger partial charge on any atom is -0.486 e. The Morgan fingerprint density at radius 3 is 2.35 bits per heavy atom. The first kappa shape index (κ1) is 31.8. The molecule has 0 spiro atoms. The molecule has 3 aromatic rings. The number of ether oxygens (including phenoxy) is 2. The van der Waals surface area contributed by atoms with Crippen LogP contribution in [0.4, 0.5) is 10.1 Å². The second-order valence-corrected chi connectivity index (χ2v) is 12.2. The van der Waals surface area contributed by atoms with Crippen molar-refractivity contribution in [3.8, 4) is 11.5 Å². The molecule has 0 fully saturated rings. The molecule has 4 rings (SSSR count). The Bertz CT molecular complexity index is 1530. The number of halogens is 1. The third-order valence-electron chi connectivity index (χ3n) is 7.31. The lowest BCUT2D eigenvalue weighted by molar-refractivity contribution is -0.140. The zero-order valence-corrected chi connectivity index (χ0v) is 25.5. The summed E-state index contributed by atoms with van der Waals surface area (Å²) >= 11 is 0. The topological polar surface area (TPSA) is 105 Å². The van der Waals surface area contributed by atoms with Gasteiger partial charge in [-0.05, 0) is 67.3 Å². The van der Waals surface area contributed by atoms with Crippen LogP contribution in [0.2, 0.25) is 0 Å². The van der Waals surface area contributed by atoms with Crippen molar-refractivity contribution in [2.45, 2.75) is 57.5 Å². The molecule has 1 N–H and O–H groups in total. The highest BCUT2D eigenvalue weighted by atomic mass is 32.2. The van der Waals surface area contributed by atoms with Crippen molar-refractivity contribution in [3.63, 3.8) is 0 Å². The number of unbranched alkanes of at least 4 members (excludes halogenated alkanes) is 1. The van der Waals surface area contributed by atoms with Gasteiger partial charge in [0.15, 0.2) is 11.5 Å². The summed E-state index contributed by atoms with van der Waals surface area (Å²) in [5, 5.41) is 2.91. The summed E-state index contributed by atoms with van der Waals surface area (Å²) in [7, 11) is -4.35. The van der Waals surface area contributed by atoms with E-state index in [1.165, 1.54) is 35.2 Å². The lowest BCUT2D eigenvalue weighted by Gasteiger charge is -2.33. The fraction of sp³-hybridized carbons (Fsp3) is 0.375. The van der Waals surface area contributed by atoms with Crippen LogP contribution in [0.1, 0.15) is 44.2 Å². The van der Waals surface area contributed by atoms with Gasteiger partial charge in [-0.1, -0.05) is 44.5 Å². The van der Waals surface area contributed by atoms with Crippen molar-refractivity contribution in [3.05, 3.63) is 83.7 Å². The maximum atomic E-state index is 14.2. The van der Waals surface area contributed by atoms with Crippen LogP contribution in [-0.2, 0) is 26.2 Å². The number of hydrogen-bond donors (Lipinski definition) is 1. The average molecular weight is 612 g/mol. The number of aryl methyl sites for hydroxylation is 1. The normalized spacial score (nSPS) is 13.2. The Kier molecular flexibility index (Phi) is 10.6. The van der Waals surface area contributed by atoms with Crippen LogP contribution in [0.5, 0.6) is 11.5 Å². The monoisotopic (exact) mass is 611 g/mol. The van der Waals surface area contributed by atoms with Crippen LogP contribution < -0.4 is 19.1 Å². The Morgan fingerprint density at radius 2 is 1.67 bits per heavy atom. The molecule has 1 unspecified atom stereocenters. The number of fused-ring (bicyclic) bond motifs is 1. The van der Waals surface area contributed by atoms with Gasteiger partial charge < -0.3 is 19.7 Å². The molecule has 0 radical (unpaired) electrons. The number of amides is 2. The van der Waals surface area contributed by atoms with E-state index < -0.39 is 34.3 Å². The number of carbonyl (C=O) groups excluding carboxylic acids is 2. The van der Waals surface area contributed by atoms with Gasteiger partial charge in [-0.2, -0.15) is 0 Å². The van der Waals surface area contributed by atoms with Crippen molar-refractivity contribution in [2.24, 2.45) is 0 Å². The number of sulfonamides is 1. The first-order valence-corrected chi connectivity index (χ1v) is 15.9. The molecule has 3 aromatic carbocycles. The quantitative estimate of drug-likeness (QED) is 0.278. The molecule has 2 amide bonds. The van der Waals surface area contributed by atoms with E-state index >= 15 is 0 Å². The van der Waals surface area contributed by atoms with Gasteiger partial charge in [0.2, 0.25) is 11.8 Å². The summed E-state index contributed by atoms with van der Waals surface area (Å²) in [5.74, 6) is -0.748. The van der Waals surface area contributed by atoms with Crippen molar-refractivity contribution in [2.75, 3.05) is 30.6 Å². The molecule has 1 atom stereocenters. The van der Waals surface area contributed by atoms with Crippen LogP contribution in [-0.4, -0.2) is 57.5 Å². The van der Waals surface area contributed by atoms with Crippen LogP contribution in [0, 0.1) is 12.7 Å². The zero-order chi connectivity index (χ0) is 31.0. The molecule has 0 saturated carbocycles. The van der Waals surface area contributed by atoms with Crippen molar-refractivity contribution >= 4 is 27.5 Å². The molecule has 1 heterocycles. The average Bonchev–Trinajstić information content (AvgIpc) is 3.01. The van der Waals surface area contributed by atoms with Crippen molar-refractivity contribution < 1.29 is 31.9 Å². The number of rotatable bonds is 13. The molecule has 0 saturated heterocycles. The van der Waals surface area contributed by atoms with Gasteiger partial charge in [-0.15, -0.1) is 0 Å². The molecule has 43 heavy (non-hydrogen) atoms. The molecule has 0 aromatic heterocycles. The molecule has 9 nitrogen and oxygen atoms in total. The summed E-state index contributed by atoms with van der Waals surface area (Å²) in [5.41, 5.74) is 1.86. The van der Waals surface area contributed by atoms with Crippen LogP contribution in [0.25, 0.3) is 0 Å². The van der Waals surface area contributed by atoms with Gasteiger partial charge >= 0.3 is 0 Å². The third kappa shape index (κ3) is 7.64. The fourth-order valence-electron chi connectivity index (χ4n) is 4.84. The van der Waals surface area contributed by atoms with Gasteiger partial charge in [0.05, 0.1) is 10.6 Å². The third-order valence-corrected chi connectivity index (χ3v) is 9.08. The molecule has 230 valence electrons. The summed E-state index contributed by atoms with van der Waals surface area (Å²) < 4.78 is 54.2. The van der Waals surface area contributed by atoms with Gasteiger partial charge in [-0.25, -0.2) is 12.8 Å². The largest absolute Gasteiger partial charge is 0.486 e. The highest BCUT2D eigenvalue weighted by molar-refractivity contribution is 7.92. The van der Waals surface area contributed by atoms with E-state index in [-0.39, 0.29) is 35.4 Å². The predicted molar refractivity (Wildman–Crippen MR) is 162 cm³/mol. The van der Waals surface area contributed by atoms with Gasteiger partial charge in [0.25, 0.3) is 10.0 Å². The van der Waals surface area contributed by atoms with Gasteiger partial charge in [0.1, 0.15) is 31.6 Å². The number of benzene rings is 3. The fourth-order valence-corrected chi connectivity index (χ4v) is 6.27. The zero-order valence-electron chi connectivity index (χ0n) is 24.7. The van der Waals surface area contributed by atoms with Crippen molar-refractivity contribution in [1.82, 2.24) is 10.2 Å². The molecule has 1 aliphatic rings. The second kappa shape index (κ2) is 14.4. The van der Waals surface area contributed by atoms with E-state index in [2.05, 4.69) is 5.32 Å². The molecular weight excluding hydrogens is 573 g/mol. The number of nitrogens with zero attached hydrogens (tertiary/aromatic N) is 2. The van der Waals surface area contributed by atoms with E-state index in [0.29, 0.717) is 25.3 Å². The first-order valence-electron chi connectivity index (χ1n) is 14.4. The molecule has 0 bridgehead atoms. The maximum Gasteiger partial charge on any atom is 0.264 e. The van der Waals surface area contributed by atoms with Crippen LogP contribution in [0.3, 0.4) is 0 Å². The second-order valence-electron chi connectivity index (χ2n) is 10.3. The van der Waals surface area contributed by atoms with E-state index in [9.17, 15) is 22.4 Å². The molecule has 0 aliphatic carbocycles. The van der Waals surface area contributed by atoms with E-state index in [4.69, 9.17) is 9.47 Å². The van der Waals surface area contributed by atoms with Crippen LogP contribution >= 0.6 is 0 Å². The summed E-state index contributed by atoms with van der Waals surface area (Å²) in [6.07, 6.45) is 2.01. The maximum absolute atomic E-state index is 14.2. The van der Waals surface area contributed by atoms with E-state index in [0.717, 1.165) is 40.4 Å². The predicted octanol–water partition coefficient (Wildman–Crippen LogP) is 4.82. The molecular formula is C32H38FN3O6S. The van der Waals surface area contributed by atoms with E-state index in [1.807, 2.05) is 45.0 Å². The van der Waals surface area contributed by atoms with Gasteiger partial charge in [0, 0.05) is 19.2 Å². The van der Waals surface area contributed by atoms with E-state index in [1.54, 1.807) is 0 Å². The Hall–Kier alpha value is -4.12. The summed E-state index contributed by atoms with van der Waals surface area (Å²) in [6.45, 7) is 6.31. The number of nitrogens with one attached hydrogen (secondary N) is 1. The highest BCUT2D eigenvalue weighted by Gasteiger charge is 2.34. The molecule has 1 aliphatic heterocycles. The highest BCUT2D eigenvalue weighted by Crippen LogP contribution is 2.34. The Morgan fingerprint density at radius 1 is 0.977 bits per heavy atom. The number of anilines is 1. The molecule has 11 heteroatoms. The first-order chi connectivity index (χ1) is 20.6. The van der Waals surface area contributed by atoms with Crippen molar-refractivity contribution in [1.29, 1.82) is 0 Å². The van der Waals surface area contributed by atoms with Gasteiger partial charge in [-0.3, -0.25) is 13.9 Å². The minimum absolute atomic E-state index is 0.0981. The number of carbonyl (C=O) groups is 2. The Labute approximate surface area is 252 Å². The summed E-state index contributed by atoms with van der Waals surface area (Å²) in [6, 6.07) is 15.8. The lowest BCUT2D eigenvalue weighted by atomic mass is 10.1. The lowest BCUT2D eigenvalue weighted by Crippen LogP contribution is -2.52. The smallest absolute Gasteiger partial charge is 0.264 e. The SMILES string of the molecule is CCCCNC(=O)C(CC)N(Cc1ccccc1C)C(=O)CN(c1ccc(F)cc1)S(=O)(=O)c1ccc2c(c1)OCCO2. The minimum atomic E-state index is -4.35. The Balaban J connectivity index is 1.73. The summed E-state index contributed by atoms with van der Waals surface area (Å²) in [4.78, 5) is 28.8. The van der Waals surface area contributed by atoms with Crippen LogP contribution in [0.15, 0.2) is 71.6 Å². The standard InChI is InChI=1S/C32H38FN3O6S/c1-4-6-17-34-32(38)28(5-2)35(21-24-10-8-7-9-23(24)3)31(37)22-36(26-13-11-25(33)12-14-26)43(39,40)27-15-16-29-30(20-27)42-19-18-41-29/h7-16,20,28H,4-6,17-19,21-22H2,1-3H3,(H,34,38).